The van der Waals surface area contributed by atoms with Gasteiger partial charge in [-0.05, 0) is 108 Å². The number of aryl methyl sites for hydroxylation is 3. The Kier molecular flexibility index (Phi) is 15.4. The van der Waals surface area contributed by atoms with Crippen LogP contribution in [0.1, 0.15) is 131 Å². The Balaban J connectivity index is 0.000000123. The predicted octanol–water partition coefficient (Wildman–Crippen LogP) is 7.69. The fraction of sp³-hybridized carbons (Fsp3) is 0.333. The molecule has 5 amide bonds. The van der Waals surface area contributed by atoms with E-state index < -0.39 is 53.9 Å². The summed E-state index contributed by atoms with van der Waals surface area (Å²) < 4.78 is 62.6. The SMILES string of the molecule is C=C1N[C@@H](C)CCCc2ncc(F)cc2[C@H]2COC(=O)N2c2ccn3ncc1c3n2.C[C@@H]1CCCc2ncc(F)cc2[C@H]2COC(=O)N2c2ccn3ncc(c3n2)C(=O)N1.O=C1NCCCCc2ncc(F)cc2[C@H]2COC(=O)N2c2ccn3ncc1c3n2. The van der Waals surface area contributed by atoms with Crippen molar-refractivity contribution in [2.45, 2.75) is 102 Å². The van der Waals surface area contributed by atoms with Gasteiger partial charge in [-0.25, -0.2) is 56.1 Å². The molecular formula is C60H57F3N18O8. The quantitative estimate of drug-likeness (QED) is 0.123. The number of nitrogens with one attached hydrogen (secondary N) is 3. The number of carbonyl (C=O) groups excluding carboxylic acids is 5. The molecule has 9 aromatic rings. The molecule has 0 unspecified atom stereocenters. The summed E-state index contributed by atoms with van der Waals surface area (Å²) in [5, 5.41) is 21.9. The van der Waals surface area contributed by atoms with E-state index in [0.717, 1.165) is 49.1 Å². The number of hydrogen-bond acceptors (Lipinski definition) is 18. The van der Waals surface area contributed by atoms with Crippen LogP contribution in [0, 0.1) is 17.5 Å². The Bertz CT molecular complexity index is 4130. The second-order valence-electron chi connectivity index (χ2n) is 22.2. The Hall–Kier alpha value is -10.6. The van der Waals surface area contributed by atoms with Gasteiger partial charge >= 0.3 is 18.3 Å². The van der Waals surface area contributed by atoms with Gasteiger partial charge in [0.1, 0.15) is 84.0 Å². The fourth-order valence-corrected chi connectivity index (χ4v) is 11.9. The zero-order valence-corrected chi connectivity index (χ0v) is 48.1. The zero-order chi connectivity index (χ0) is 61.6. The molecule has 3 saturated heterocycles. The lowest BCUT2D eigenvalue weighted by Gasteiger charge is -2.23. The van der Waals surface area contributed by atoms with E-state index in [1.54, 1.807) is 47.5 Å². The lowest BCUT2D eigenvalue weighted by Crippen LogP contribution is -2.33. The van der Waals surface area contributed by atoms with Crippen LogP contribution in [0.5, 0.6) is 0 Å². The maximum atomic E-state index is 14.1. The van der Waals surface area contributed by atoms with E-state index in [9.17, 15) is 37.1 Å². The van der Waals surface area contributed by atoms with Crippen molar-refractivity contribution in [3.8, 4) is 0 Å². The molecule has 15 heterocycles. The average molecular weight is 1220 g/mol. The van der Waals surface area contributed by atoms with Gasteiger partial charge < -0.3 is 30.2 Å². The molecule has 456 valence electrons. The first kappa shape index (κ1) is 57.5. The van der Waals surface area contributed by atoms with E-state index in [0.29, 0.717) is 106 Å². The highest BCUT2D eigenvalue weighted by molar-refractivity contribution is 6.01. The summed E-state index contributed by atoms with van der Waals surface area (Å²) in [7, 11) is 0. The topological polar surface area (TPSA) is 288 Å². The standard InChI is InChI=1S/C21H21FN6O2.C20H19FN6O3.C19H17FN6O3/c1-12-4-3-5-17-15(8-14(22)9-23-17)18-11-30-21(29)28(18)19-6-7-27-20(26-19)16(10-24-27)13(2)25-12;1-11-3-2-4-15-13(7-12(21)8-22-15)16-10-30-20(29)27(16)17-5-6-26-18(25-17)14(9-23-26)19(28)24-11;20-11-7-12-14(22-8-11)3-1-2-5-21-18(27)13-9-23-25-6-4-16(24-17(13)25)26-15(12)10-29-19(26)28/h6-10,12,18,25H,2-5,11H2,1H3;5-9,11,16H,2-4,10H2,1H3,(H,24,28);4,6-9,15H,1-3,5,10H2,(H,21,27)/t12-,18+;11-,16-;15-/m011/s1. The smallest absolute Gasteiger partial charge is 0.416 e. The number of fused-ring (bicyclic) bond motifs is 15. The Labute approximate surface area is 504 Å². The minimum atomic E-state index is -0.585. The van der Waals surface area contributed by atoms with Crippen LogP contribution >= 0.6 is 0 Å². The first-order valence-corrected chi connectivity index (χ1v) is 29.0. The van der Waals surface area contributed by atoms with E-state index in [1.807, 2.05) is 6.92 Å². The van der Waals surface area contributed by atoms with Crippen molar-refractivity contribution in [2.75, 3.05) is 41.1 Å². The van der Waals surface area contributed by atoms with Crippen LogP contribution in [0.3, 0.4) is 0 Å². The first-order valence-electron chi connectivity index (χ1n) is 29.0. The van der Waals surface area contributed by atoms with Crippen LogP contribution in [-0.2, 0) is 33.5 Å². The second-order valence-corrected chi connectivity index (χ2v) is 22.2. The highest BCUT2D eigenvalue weighted by Crippen LogP contribution is 2.38. The molecule has 0 saturated carbocycles. The number of hydrogen-bond donors (Lipinski definition) is 3. The van der Waals surface area contributed by atoms with Gasteiger partial charge in [0, 0.05) is 76.7 Å². The summed E-state index contributed by atoms with van der Waals surface area (Å²) in [6.45, 7) is 8.90. The molecule has 6 bridgehead atoms. The number of ether oxygens (including phenoxy) is 3. The van der Waals surface area contributed by atoms with Gasteiger partial charge in [0.25, 0.3) is 11.8 Å². The van der Waals surface area contributed by atoms with Crippen LogP contribution in [0.25, 0.3) is 22.6 Å². The first-order chi connectivity index (χ1) is 43.1. The minimum absolute atomic E-state index is 0.0623. The summed E-state index contributed by atoms with van der Waals surface area (Å²) in [6.07, 6.45) is 18.0. The molecule has 9 aromatic heterocycles. The molecular weight excluding hydrogens is 1160 g/mol. The van der Waals surface area contributed by atoms with Gasteiger partial charge in [0.05, 0.1) is 42.7 Å². The van der Waals surface area contributed by atoms with Crippen molar-refractivity contribution in [3.05, 3.63) is 167 Å². The van der Waals surface area contributed by atoms with Crippen LogP contribution in [-0.4, -0.2) is 127 Å². The van der Waals surface area contributed by atoms with Crippen LogP contribution < -0.4 is 30.7 Å². The van der Waals surface area contributed by atoms with Crippen LogP contribution in [0.4, 0.5) is 45.0 Å². The third-order valence-electron chi connectivity index (χ3n) is 16.3. The predicted molar refractivity (Wildman–Crippen MR) is 311 cm³/mol. The van der Waals surface area contributed by atoms with E-state index in [-0.39, 0.29) is 43.7 Å². The molecule has 6 aliphatic heterocycles. The van der Waals surface area contributed by atoms with Crippen molar-refractivity contribution >= 4 is 70.2 Å². The molecule has 6 aliphatic rings. The lowest BCUT2D eigenvalue weighted by molar-refractivity contribution is 0.0935. The van der Waals surface area contributed by atoms with Gasteiger partial charge in [-0.15, -0.1) is 0 Å². The fourth-order valence-electron chi connectivity index (χ4n) is 11.9. The number of anilines is 3. The van der Waals surface area contributed by atoms with Gasteiger partial charge in [-0.3, -0.25) is 39.2 Å². The monoisotopic (exact) mass is 1210 g/mol. The van der Waals surface area contributed by atoms with Crippen molar-refractivity contribution < 1.29 is 51.4 Å². The Morgan fingerprint density at radius 2 is 0.876 bits per heavy atom. The number of halogens is 3. The van der Waals surface area contributed by atoms with Crippen LogP contribution in [0.2, 0.25) is 0 Å². The number of pyridine rings is 3. The van der Waals surface area contributed by atoms with E-state index in [2.05, 4.69) is 74.7 Å². The minimum Gasteiger partial charge on any atom is -0.447 e. The van der Waals surface area contributed by atoms with E-state index >= 15 is 0 Å². The summed E-state index contributed by atoms with van der Waals surface area (Å²) in [6, 6.07) is 7.65. The average Bonchev–Trinajstić information content (AvgIpc) is 1.96. The van der Waals surface area contributed by atoms with Crippen molar-refractivity contribution in [1.82, 2.24) is 74.7 Å². The molecule has 3 N–H and O–H groups in total. The Morgan fingerprint density at radius 1 is 0.494 bits per heavy atom. The molecule has 15 rings (SSSR count). The molecule has 0 spiro atoms. The summed E-state index contributed by atoms with van der Waals surface area (Å²) >= 11 is 0. The molecule has 5 atom stereocenters. The summed E-state index contributed by atoms with van der Waals surface area (Å²) in [4.78, 5) is 93.7. The molecule has 0 radical (unpaired) electrons. The molecule has 0 aromatic carbocycles. The maximum Gasteiger partial charge on any atom is 0.416 e. The number of cyclic esters (lactones) is 3. The van der Waals surface area contributed by atoms with Gasteiger partial charge in [-0.2, -0.15) is 15.3 Å². The largest absolute Gasteiger partial charge is 0.447 e. The third kappa shape index (κ3) is 11.3. The number of nitrogens with zero attached hydrogens (tertiary/aromatic N) is 15. The lowest BCUT2D eigenvalue weighted by atomic mass is 9.99. The normalized spacial score (nSPS) is 21.0. The zero-order valence-electron chi connectivity index (χ0n) is 48.1. The highest BCUT2D eigenvalue weighted by atomic mass is 19.1. The van der Waals surface area contributed by atoms with Gasteiger partial charge in [-0.1, -0.05) is 6.58 Å². The third-order valence-corrected chi connectivity index (χ3v) is 16.3. The number of amides is 5. The molecule has 89 heavy (non-hydrogen) atoms. The summed E-state index contributed by atoms with van der Waals surface area (Å²) in [5.74, 6) is -0.944. The van der Waals surface area contributed by atoms with Gasteiger partial charge in [0.2, 0.25) is 0 Å². The van der Waals surface area contributed by atoms with Gasteiger partial charge in [0.15, 0.2) is 16.9 Å². The number of aromatic nitrogens is 12. The second kappa shape index (κ2) is 23.9. The molecule has 0 aliphatic carbocycles. The highest BCUT2D eigenvalue weighted by Gasteiger charge is 2.42. The number of rotatable bonds is 0. The molecule has 26 nitrogen and oxygen atoms in total. The molecule has 29 heteroatoms. The number of carbonyl (C=O) groups is 5. The van der Waals surface area contributed by atoms with Crippen molar-refractivity contribution in [2.24, 2.45) is 0 Å². The Morgan fingerprint density at radius 3 is 1.31 bits per heavy atom. The van der Waals surface area contributed by atoms with Crippen molar-refractivity contribution in [1.29, 1.82) is 0 Å². The van der Waals surface area contributed by atoms with Crippen molar-refractivity contribution in [3.63, 3.8) is 0 Å². The van der Waals surface area contributed by atoms with E-state index in [4.69, 9.17) is 14.2 Å². The summed E-state index contributed by atoms with van der Waals surface area (Å²) in [5.41, 5.74) is 7.37. The maximum absolute atomic E-state index is 14.1. The van der Waals surface area contributed by atoms with Crippen LogP contribution in [0.15, 0.2) is 98.7 Å². The molecule has 3 fully saturated rings. The van der Waals surface area contributed by atoms with E-state index in [1.165, 1.54) is 72.9 Å².